The maximum absolute atomic E-state index is 12.5. The molecule has 0 spiro atoms. The van der Waals surface area contributed by atoms with E-state index >= 15 is 0 Å². The third-order valence-electron chi connectivity index (χ3n) is 1.92. The van der Waals surface area contributed by atoms with Gasteiger partial charge < -0.3 is 5.73 Å². The average Bonchev–Trinajstić information content (AvgIpc) is 2.14. The summed E-state index contributed by atoms with van der Waals surface area (Å²) in [4.78, 5) is 9.56. The lowest BCUT2D eigenvalue weighted by Gasteiger charge is -2.10. The molecule has 0 radical (unpaired) electrons. The maximum atomic E-state index is 12.5. The van der Waals surface area contributed by atoms with Gasteiger partial charge in [0.25, 0.3) is 5.69 Å². The van der Waals surface area contributed by atoms with E-state index in [9.17, 15) is 23.3 Å². The van der Waals surface area contributed by atoms with Gasteiger partial charge in [0, 0.05) is 11.0 Å². The summed E-state index contributed by atoms with van der Waals surface area (Å²) in [6.45, 7) is -0.346. The van der Waals surface area contributed by atoms with Gasteiger partial charge in [-0.25, -0.2) is 0 Å². The summed E-state index contributed by atoms with van der Waals surface area (Å²) in [6, 6.07) is 1.75. The van der Waals surface area contributed by atoms with Crippen molar-refractivity contribution in [3.63, 3.8) is 0 Å². The van der Waals surface area contributed by atoms with Crippen molar-refractivity contribution >= 4 is 21.6 Å². The van der Waals surface area contributed by atoms with E-state index < -0.39 is 22.4 Å². The molecule has 0 heterocycles. The predicted molar refractivity (Wildman–Crippen MR) is 53.7 cm³/mol. The van der Waals surface area contributed by atoms with Crippen LogP contribution in [0.3, 0.4) is 0 Å². The van der Waals surface area contributed by atoms with E-state index in [2.05, 4.69) is 15.9 Å². The molecular weight excluding hydrogens is 293 g/mol. The van der Waals surface area contributed by atoms with Crippen LogP contribution in [0, 0.1) is 10.1 Å². The van der Waals surface area contributed by atoms with Crippen molar-refractivity contribution in [3.05, 3.63) is 37.8 Å². The van der Waals surface area contributed by atoms with Crippen LogP contribution < -0.4 is 5.73 Å². The first-order valence-electron chi connectivity index (χ1n) is 4.02. The second kappa shape index (κ2) is 4.38. The number of rotatable bonds is 2. The first-order valence-corrected chi connectivity index (χ1v) is 4.81. The third-order valence-corrected chi connectivity index (χ3v) is 2.66. The number of nitrogens with two attached hydrogens (primary N) is 1. The van der Waals surface area contributed by atoms with E-state index in [1.807, 2.05) is 0 Å². The first kappa shape index (κ1) is 12.9. The van der Waals surface area contributed by atoms with Crippen molar-refractivity contribution in [3.8, 4) is 0 Å². The smallest absolute Gasteiger partial charge is 0.326 e. The van der Waals surface area contributed by atoms with Gasteiger partial charge >= 0.3 is 6.18 Å². The summed E-state index contributed by atoms with van der Waals surface area (Å²) < 4.78 is 37.7. The molecule has 0 amide bonds. The molecule has 0 saturated carbocycles. The molecule has 0 aromatic heterocycles. The van der Waals surface area contributed by atoms with Crippen LogP contribution in [0.15, 0.2) is 16.6 Å². The molecule has 1 aromatic carbocycles. The monoisotopic (exact) mass is 298 g/mol. The number of benzene rings is 1. The van der Waals surface area contributed by atoms with Gasteiger partial charge in [-0.15, -0.1) is 0 Å². The molecule has 0 saturated heterocycles. The molecule has 16 heavy (non-hydrogen) atoms. The highest BCUT2D eigenvalue weighted by Crippen LogP contribution is 2.40. The van der Waals surface area contributed by atoms with Gasteiger partial charge in [-0.2, -0.15) is 13.2 Å². The Labute approximate surface area is 96.5 Å². The highest BCUT2D eigenvalue weighted by Gasteiger charge is 2.40. The molecule has 0 atom stereocenters. The van der Waals surface area contributed by atoms with Crippen LogP contribution in [0.4, 0.5) is 18.9 Å². The number of alkyl halides is 3. The first-order chi connectivity index (χ1) is 7.29. The Kier molecular flexibility index (Phi) is 3.54. The van der Waals surface area contributed by atoms with Crippen molar-refractivity contribution in [2.24, 2.45) is 5.73 Å². The lowest BCUT2D eigenvalue weighted by molar-refractivity contribution is -0.388. The summed E-state index contributed by atoms with van der Waals surface area (Å²) in [7, 11) is 0. The molecule has 0 aliphatic heterocycles. The van der Waals surface area contributed by atoms with Crippen molar-refractivity contribution in [1.82, 2.24) is 0 Å². The Balaban J connectivity index is 3.58. The molecule has 0 bridgehead atoms. The van der Waals surface area contributed by atoms with Gasteiger partial charge in [0.15, 0.2) is 0 Å². The molecule has 0 aliphatic carbocycles. The highest BCUT2D eigenvalue weighted by molar-refractivity contribution is 9.10. The topological polar surface area (TPSA) is 69.2 Å². The van der Waals surface area contributed by atoms with Crippen LogP contribution in [0.25, 0.3) is 0 Å². The molecule has 0 aliphatic rings. The second-order valence-corrected chi connectivity index (χ2v) is 3.74. The number of hydrogen-bond acceptors (Lipinski definition) is 3. The van der Waals surface area contributed by atoms with Crippen molar-refractivity contribution in [2.75, 3.05) is 0 Å². The van der Waals surface area contributed by atoms with Gasteiger partial charge in [0.05, 0.1) is 10.5 Å². The van der Waals surface area contributed by atoms with E-state index in [4.69, 9.17) is 5.73 Å². The van der Waals surface area contributed by atoms with Crippen molar-refractivity contribution in [2.45, 2.75) is 12.7 Å². The zero-order valence-corrected chi connectivity index (χ0v) is 9.30. The van der Waals surface area contributed by atoms with Crippen LogP contribution in [-0.4, -0.2) is 4.92 Å². The number of nitrogens with zero attached hydrogens (tertiary/aromatic N) is 1. The van der Waals surface area contributed by atoms with Crippen LogP contribution in [0.1, 0.15) is 11.1 Å². The SMILES string of the molecule is NCc1c(Br)ccc(C(F)(F)F)c1[N+](=O)[O-]. The van der Waals surface area contributed by atoms with Crippen molar-refractivity contribution in [1.29, 1.82) is 0 Å². The Hall–Kier alpha value is -1.15. The Morgan fingerprint density at radius 2 is 2.00 bits per heavy atom. The minimum Gasteiger partial charge on any atom is -0.326 e. The third kappa shape index (κ3) is 2.33. The lowest BCUT2D eigenvalue weighted by Crippen LogP contribution is -2.12. The van der Waals surface area contributed by atoms with Gasteiger partial charge in [-0.3, -0.25) is 10.1 Å². The van der Waals surface area contributed by atoms with Crippen LogP contribution in [0.5, 0.6) is 0 Å². The van der Waals surface area contributed by atoms with E-state index in [1.54, 1.807) is 0 Å². The van der Waals surface area contributed by atoms with E-state index in [-0.39, 0.29) is 16.6 Å². The van der Waals surface area contributed by atoms with Crippen LogP contribution in [-0.2, 0) is 12.7 Å². The minimum absolute atomic E-state index is 0.167. The molecule has 1 aromatic rings. The Morgan fingerprint density at radius 1 is 1.44 bits per heavy atom. The Morgan fingerprint density at radius 3 is 2.38 bits per heavy atom. The fourth-order valence-corrected chi connectivity index (χ4v) is 1.72. The number of nitro benzene ring substituents is 1. The number of halogens is 4. The van der Waals surface area contributed by atoms with E-state index in [0.29, 0.717) is 6.07 Å². The van der Waals surface area contributed by atoms with Crippen LogP contribution in [0.2, 0.25) is 0 Å². The fraction of sp³-hybridized carbons (Fsp3) is 0.250. The molecular formula is C8H6BrF3N2O2. The minimum atomic E-state index is -4.77. The average molecular weight is 299 g/mol. The summed E-state index contributed by atoms with van der Waals surface area (Å²) >= 11 is 2.92. The van der Waals surface area contributed by atoms with Crippen LogP contribution >= 0.6 is 15.9 Å². The summed E-state index contributed by atoms with van der Waals surface area (Å²) in [5, 5.41) is 10.6. The summed E-state index contributed by atoms with van der Waals surface area (Å²) in [5.74, 6) is 0. The largest absolute Gasteiger partial charge is 0.423 e. The highest BCUT2D eigenvalue weighted by atomic mass is 79.9. The van der Waals surface area contributed by atoms with Gasteiger partial charge in [-0.1, -0.05) is 15.9 Å². The molecule has 4 nitrogen and oxygen atoms in total. The molecule has 0 fully saturated rings. The summed E-state index contributed by atoms with van der Waals surface area (Å²) in [6.07, 6.45) is -4.77. The van der Waals surface area contributed by atoms with Gasteiger partial charge in [0.2, 0.25) is 0 Å². The van der Waals surface area contributed by atoms with Gasteiger partial charge in [0.1, 0.15) is 5.56 Å². The molecule has 0 unspecified atom stereocenters. The van der Waals surface area contributed by atoms with E-state index in [0.717, 1.165) is 6.07 Å². The molecule has 2 N–H and O–H groups in total. The zero-order valence-electron chi connectivity index (χ0n) is 7.71. The van der Waals surface area contributed by atoms with E-state index in [1.165, 1.54) is 0 Å². The molecule has 1 rings (SSSR count). The summed E-state index contributed by atoms with van der Waals surface area (Å²) in [5.41, 5.74) is 2.75. The number of hydrogen-bond donors (Lipinski definition) is 1. The molecule has 8 heteroatoms. The quantitative estimate of drug-likeness (QED) is 0.674. The fourth-order valence-electron chi connectivity index (χ4n) is 1.24. The van der Waals surface area contributed by atoms with Gasteiger partial charge in [-0.05, 0) is 12.1 Å². The maximum Gasteiger partial charge on any atom is 0.423 e. The lowest BCUT2D eigenvalue weighted by atomic mass is 10.1. The molecule has 88 valence electrons. The second-order valence-electron chi connectivity index (χ2n) is 2.88. The Bertz CT molecular complexity index is 434. The normalized spacial score (nSPS) is 11.6. The van der Waals surface area contributed by atoms with Crippen molar-refractivity contribution < 1.29 is 18.1 Å². The number of nitro groups is 1. The standard InChI is InChI=1S/C8H6BrF3N2O2/c9-6-2-1-5(8(10,11)12)7(14(15)16)4(6)3-13/h1-2H,3,13H2. The zero-order chi connectivity index (χ0) is 12.5. The predicted octanol–water partition coefficient (Wildman–Crippen LogP) is 2.83.